The summed E-state index contributed by atoms with van der Waals surface area (Å²) in [5.41, 5.74) is 2.30. The third kappa shape index (κ3) is 1.79. The number of aliphatic hydroxyl groups excluding tert-OH is 1. The molecule has 3 heteroatoms. The van der Waals surface area contributed by atoms with Gasteiger partial charge in [-0.3, -0.25) is 0 Å². The molecule has 2 saturated carbocycles. The average molecular weight is 290 g/mol. The molecule has 3 aliphatic carbocycles. The maximum absolute atomic E-state index is 13.8. The zero-order valence-electron chi connectivity index (χ0n) is 12.5. The number of benzene rings is 1. The van der Waals surface area contributed by atoms with Gasteiger partial charge < -0.3 is 10.2 Å². The number of aromatic hydroxyl groups is 1. The van der Waals surface area contributed by atoms with Gasteiger partial charge in [-0.2, -0.15) is 0 Å². The Labute approximate surface area is 125 Å². The Hall–Kier alpha value is -1.09. The van der Waals surface area contributed by atoms with Gasteiger partial charge in [0.2, 0.25) is 0 Å². The predicted octanol–water partition coefficient (Wildman–Crippen LogP) is 3.75. The van der Waals surface area contributed by atoms with Gasteiger partial charge in [-0.1, -0.05) is 6.92 Å². The van der Waals surface area contributed by atoms with Gasteiger partial charge >= 0.3 is 0 Å². The first-order chi connectivity index (χ1) is 10.0. The van der Waals surface area contributed by atoms with Crippen molar-refractivity contribution < 1.29 is 14.6 Å². The number of aliphatic hydroxyl groups is 1. The van der Waals surface area contributed by atoms with Crippen molar-refractivity contribution in [3.63, 3.8) is 0 Å². The fraction of sp³-hybridized carbons (Fsp3) is 0.667. The molecule has 0 radical (unpaired) electrons. The minimum absolute atomic E-state index is 0.0636. The molecule has 0 spiro atoms. The molecule has 2 nitrogen and oxygen atoms in total. The Morgan fingerprint density at radius 3 is 2.81 bits per heavy atom. The Balaban J connectivity index is 1.73. The second kappa shape index (κ2) is 4.45. The molecule has 21 heavy (non-hydrogen) atoms. The summed E-state index contributed by atoms with van der Waals surface area (Å²) in [7, 11) is 0. The molecule has 5 atom stereocenters. The Morgan fingerprint density at radius 2 is 2.00 bits per heavy atom. The zero-order valence-corrected chi connectivity index (χ0v) is 12.5. The number of rotatable bonds is 0. The Morgan fingerprint density at radius 1 is 1.19 bits per heavy atom. The highest BCUT2D eigenvalue weighted by molar-refractivity contribution is 5.41. The van der Waals surface area contributed by atoms with Crippen LogP contribution in [0.15, 0.2) is 12.1 Å². The van der Waals surface area contributed by atoms with E-state index in [9.17, 15) is 14.6 Å². The third-order valence-electron chi connectivity index (χ3n) is 6.74. The van der Waals surface area contributed by atoms with Gasteiger partial charge in [0.1, 0.15) is 0 Å². The predicted molar refractivity (Wildman–Crippen MR) is 78.7 cm³/mol. The lowest BCUT2D eigenvalue weighted by molar-refractivity contribution is -0.0226. The lowest BCUT2D eigenvalue weighted by Gasteiger charge is -2.50. The topological polar surface area (TPSA) is 40.5 Å². The minimum atomic E-state index is -0.491. The van der Waals surface area contributed by atoms with Gasteiger partial charge in [0.15, 0.2) is 11.6 Å². The van der Waals surface area contributed by atoms with E-state index >= 15 is 0 Å². The SMILES string of the molecule is C[C@]12CC[C@@H]3c4cc(F)c(O)cc4CC[C@H]3[C@@H]1CCC2O. The molecule has 0 aromatic heterocycles. The summed E-state index contributed by atoms with van der Waals surface area (Å²) < 4.78 is 13.8. The average Bonchev–Trinajstić information content (AvgIpc) is 2.76. The van der Waals surface area contributed by atoms with E-state index in [1.165, 1.54) is 0 Å². The fourth-order valence-corrected chi connectivity index (χ4v) is 5.55. The molecule has 0 amide bonds. The molecule has 1 aromatic carbocycles. The van der Waals surface area contributed by atoms with Gasteiger partial charge in [-0.05, 0) is 85.0 Å². The van der Waals surface area contributed by atoms with Gasteiger partial charge in [0.05, 0.1) is 6.10 Å². The summed E-state index contributed by atoms with van der Waals surface area (Å²) in [6, 6.07) is 3.19. The van der Waals surface area contributed by atoms with Crippen LogP contribution in [-0.4, -0.2) is 16.3 Å². The quantitative estimate of drug-likeness (QED) is 0.764. The second-order valence-corrected chi connectivity index (χ2v) is 7.56. The first-order valence-electron chi connectivity index (χ1n) is 8.20. The van der Waals surface area contributed by atoms with Crippen LogP contribution in [-0.2, 0) is 6.42 Å². The molecule has 0 heterocycles. The standard InChI is InChI=1S/C18H23FO2/c1-18-7-6-11-12(14(18)4-5-17(18)21)3-2-10-8-16(20)15(19)9-13(10)11/h8-9,11-12,14,17,20-21H,2-7H2,1H3/t11-,12+,14-,17?,18-/m0/s1. The highest BCUT2D eigenvalue weighted by Gasteiger charge is 2.54. The zero-order chi connectivity index (χ0) is 14.8. The molecule has 0 aliphatic heterocycles. The number of hydrogen-bond donors (Lipinski definition) is 2. The third-order valence-corrected chi connectivity index (χ3v) is 6.74. The van der Waals surface area contributed by atoms with Gasteiger partial charge in [0.25, 0.3) is 0 Å². The Bertz CT molecular complexity index is 585. The summed E-state index contributed by atoms with van der Waals surface area (Å²) >= 11 is 0. The lowest BCUT2D eigenvalue weighted by atomic mass is 9.55. The summed E-state index contributed by atoms with van der Waals surface area (Å²) in [5, 5.41) is 19.9. The number of aryl methyl sites for hydroxylation is 1. The van der Waals surface area contributed by atoms with Crippen LogP contribution in [0.25, 0.3) is 0 Å². The Kier molecular flexibility index (Phi) is 2.88. The van der Waals surface area contributed by atoms with Crippen LogP contribution >= 0.6 is 0 Å². The molecular formula is C18H23FO2. The molecule has 0 bridgehead atoms. The lowest BCUT2D eigenvalue weighted by Crippen LogP contribution is -2.43. The van der Waals surface area contributed by atoms with Crippen LogP contribution in [0, 0.1) is 23.1 Å². The van der Waals surface area contributed by atoms with Gasteiger partial charge in [-0.25, -0.2) is 4.39 Å². The molecule has 4 rings (SSSR count). The van der Waals surface area contributed by atoms with Crippen molar-refractivity contribution in [2.75, 3.05) is 0 Å². The second-order valence-electron chi connectivity index (χ2n) is 7.56. The number of phenolic OH excluding ortho intramolecular Hbond substituents is 1. The normalized spacial score (nSPS) is 41.3. The van der Waals surface area contributed by atoms with Crippen molar-refractivity contribution in [3.8, 4) is 5.75 Å². The molecule has 2 N–H and O–H groups in total. The summed E-state index contributed by atoms with van der Waals surface area (Å²) in [6.07, 6.45) is 5.95. The number of hydrogen-bond acceptors (Lipinski definition) is 2. The highest BCUT2D eigenvalue weighted by Crippen LogP contribution is 2.60. The van der Waals surface area contributed by atoms with Crippen LogP contribution in [0.5, 0.6) is 5.75 Å². The van der Waals surface area contributed by atoms with Crippen molar-refractivity contribution in [2.24, 2.45) is 17.3 Å². The van der Waals surface area contributed by atoms with Crippen molar-refractivity contribution in [1.82, 2.24) is 0 Å². The first kappa shape index (κ1) is 13.6. The monoisotopic (exact) mass is 290 g/mol. The largest absolute Gasteiger partial charge is 0.505 e. The maximum atomic E-state index is 13.8. The van der Waals surface area contributed by atoms with Crippen LogP contribution in [0.1, 0.15) is 56.1 Å². The van der Waals surface area contributed by atoms with E-state index in [2.05, 4.69) is 6.92 Å². The van der Waals surface area contributed by atoms with E-state index in [4.69, 9.17) is 0 Å². The fourth-order valence-electron chi connectivity index (χ4n) is 5.55. The van der Waals surface area contributed by atoms with E-state index in [-0.39, 0.29) is 17.3 Å². The van der Waals surface area contributed by atoms with Crippen LogP contribution in [0.3, 0.4) is 0 Å². The molecular weight excluding hydrogens is 267 g/mol. The molecule has 0 saturated heterocycles. The van der Waals surface area contributed by atoms with Crippen molar-refractivity contribution in [1.29, 1.82) is 0 Å². The molecule has 1 aromatic rings. The number of fused-ring (bicyclic) bond motifs is 5. The van der Waals surface area contributed by atoms with E-state index in [1.807, 2.05) is 0 Å². The number of halogens is 1. The molecule has 114 valence electrons. The minimum Gasteiger partial charge on any atom is -0.505 e. The molecule has 3 aliphatic rings. The molecule has 2 fully saturated rings. The van der Waals surface area contributed by atoms with Crippen molar-refractivity contribution in [2.45, 2.75) is 57.5 Å². The van der Waals surface area contributed by atoms with Gasteiger partial charge in [0, 0.05) is 0 Å². The van der Waals surface area contributed by atoms with Crippen molar-refractivity contribution >= 4 is 0 Å². The van der Waals surface area contributed by atoms with E-state index < -0.39 is 5.82 Å². The van der Waals surface area contributed by atoms with Crippen LogP contribution in [0.2, 0.25) is 0 Å². The number of phenols is 1. The highest BCUT2D eigenvalue weighted by atomic mass is 19.1. The van der Waals surface area contributed by atoms with Crippen LogP contribution in [0.4, 0.5) is 4.39 Å². The first-order valence-corrected chi connectivity index (χ1v) is 8.20. The van der Waals surface area contributed by atoms with Gasteiger partial charge in [-0.15, -0.1) is 0 Å². The smallest absolute Gasteiger partial charge is 0.165 e. The summed E-state index contributed by atoms with van der Waals surface area (Å²) in [6.45, 7) is 2.25. The van der Waals surface area contributed by atoms with E-state index in [1.54, 1.807) is 12.1 Å². The summed E-state index contributed by atoms with van der Waals surface area (Å²) in [4.78, 5) is 0. The van der Waals surface area contributed by atoms with Crippen LogP contribution < -0.4 is 0 Å². The van der Waals surface area contributed by atoms with Crippen molar-refractivity contribution in [3.05, 3.63) is 29.1 Å². The summed E-state index contributed by atoms with van der Waals surface area (Å²) in [5.74, 6) is 0.833. The maximum Gasteiger partial charge on any atom is 0.165 e. The molecule has 1 unspecified atom stereocenters. The van der Waals surface area contributed by atoms with E-state index in [0.717, 1.165) is 49.7 Å². The van der Waals surface area contributed by atoms with E-state index in [0.29, 0.717) is 17.8 Å².